The molecule has 7 aromatic carbocycles. The van der Waals surface area contributed by atoms with Gasteiger partial charge < -0.3 is 20.2 Å². The summed E-state index contributed by atoms with van der Waals surface area (Å²) in [6.07, 6.45) is 1.99. The van der Waals surface area contributed by atoms with E-state index in [1.54, 1.807) is 18.2 Å². The van der Waals surface area contributed by atoms with Crippen molar-refractivity contribution in [3.05, 3.63) is 190 Å². The van der Waals surface area contributed by atoms with Crippen molar-refractivity contribution in [3.8, 4) is 11.1 Å². The summed E-state index contributed by atoms with van der Waals surface area (Å²) in [5.74, 6) is -1.40. The number of amides is 1. The molecule has 1 amide bonds. The summed E-state index contributed by atoms with van der Waals surface area (Å²) in [5, 5.41) is 21.2. The van der Waals surface area contributed by atoms with Gasteiger partial charge in [0.05, 0.1) is 11.6 Å². The van der Waals surface area contributed by atoms with Crippen LogP contribution in [0.15, 0.2) is 157 Å². The van der Waals surface area contributed by atoms with Crippen LogP contribution in [0.4, 0.5) is 5.69 Å². The van der Waals surface area contributed by atoms with E-state index < -0.39 is 12.0 Å². The van der Waals surface area contributed by atoms with Crippen LogP contribution in [0.3, 0.4) is 0 Å². The van der Waals surface area contributed by atoms with Crippen molar-refractivity contribution < 1.29 is 31.2 Å². The summed E-state index contributed by atoms with van der Waals surface area (Å²) in [4.78, 5) is 37.2. The van der Waals surface area contributed by atoms with Gasteiger partial charge in [-0.25, -0.2) is 4.79 Å². The number of rotatable bonds is 9. The first-order valence-corrected chi connectivity index (χ1v) is 19.0. The number of H-pyrrole nitrogens is 1. The third kappa shape index (κ3) is 7.60. The topological polar surface area (TPSA) is 99.9 Å². The zero-order valence-electron chi connectivity index (χ0n) is 30.6. The van der Waals surface area contributed by atoms with Gasteiger partial charge in [0.1, 0.15) is 0 Å². The Balaban J connectivity index is 0.00000455. The van der Waals surface area contributed by atoms with E-state index in [0.717, 1.165) is 27.6 Å². The molecule has 0 radical (unpaired) electrons. The number of carbonyl (C=O) groups excluding carboxylic acids is 1. The first-order valence-electron chi connectivity index (χ1n) is 18.6. The van der Waals surface area contributed by atoms with E-state index in [1.807, 2.05) is 60.8 Å². The van der Waals surface area contributed by atoms with Crippen molar-refractivity contribution in [1.82, 2.24) is 9.88 Å². The van der Waals surface area contributed by atoms with Crippen LogP contribution in [-0.2, 0) is 45.6 Å². The fourth-order valence-corrected chi connectivity index (χ4v) is 8.21. The van der Waals surface area contributed by atoms with E-state index in [1.165, 1.54) is 32.7 Å². The Morgan fingerprint density at radius 2 is 1.33 bits per heavy atom. The molecule has 9 heteroatoms. The molecule has 282 valence electrons. The van der Waals surface area contributed by atoms with Gasteiger partial charge >= 0.3 is 22.5 Å². The minimum atomic E-state index is -1.13. The van der Waals surface area contributed by atoms with Gasteiger partial charge in [-0.2, -0.15) is 0 Å². The van der Waals surface area contributed by atoms with Gasteiger partial charge in [-0.3, -0.25) is 9.89 Å². The molecule has 0 saturated carbocycles. The molecule has 2 N–H and O–H groups in total. The molecular weight excluding hydrogens is 775 g/mol. The average molecular weight is 811 g/mol. The van der Waals surface area contributed by atoms with Crippen molar-refractivity contribution in [2.24, 2.45) is 4.99 Å². The zero-order valence-corrected chi connectivity index (χ0v) is 32.4. The Morgan fingerprint density at radius 3 is 1.98 bits per heavy atom. The van der Waals surface area contributed by atoms with Crippen LogP contribution in [-0.4, -0.2) is 45.2 Å². The van der Waals surface area contributed by atoms with Crippen molar-refractivity contribution >= 4 is 67.3 Å². The molecule has 9 rings (SSSR count). The first kappa shape index (κ1) is 37.9. The summed E-state index contributed by atoms with van der Waals surface area (Å²) in [7, 11) is 0. The molecule has 0 bridgehead atoms. The smallest absolute Gasteiger partial charge is 0.625 e. The van der Waals surface area contributed by atoms with Crippen LogP contribution in [0.25, 0.3) is 48.9 Å². The molecular formula is C48H36ClN4NiO3+. The van der Waals surface area contributed by atoms with Gasteiger partial charge in [-0.15, -0.1) is 5.69 Å². The number of carboxylic acids is 1. The van der Waals surface area contributed by atoms with E-state index in [0.29, 0.717) is 40.6 Å². The summed E-state index contributed by atoms with van der Waals surface area (Å²) in [5.41, 5.74) is 8.38. The minimum absolute atomic E-state index is 0. The van der Waals surface area contributed by atoms with E-state index in [-0.39, 0.29) is 35.4 Å². The predicted octanol–water partition coefficient (Wildman–Crippen LogP) is 10.9. The molecule has 57 heavy (non-hydrogen) atoms. The number of benzene rings is 7. The number of halogens is 1. The molecule has 1 aliphatic rings. The number of aromatic amines is 1. The van der Waals surface area contributed by atoms with Gasteiger partial charge in [0, 0.05) is 53.7 Å². The largest absolute Gasteiger partial charge is 2.00 e. The predicted molar refractivity (Wildman–Crippen MR) is 226 cm³/mol. The Kier molecular flexibility index (Phi) is 10.8. The summed E-state index contributed by atoms with van der Waals surface area (Å²) in [6.45, 7) is 1.18. The van der Waals surface area contributed by atoms with Crippen LogP contribution >= 0.6 is 11.6 Å². The van der Waals surface area contributed by atoms with Crippen molar-refractivity contribution in [1.29, 1.82) is 0 Å². The molecule has 2 heterocycles. The average Bonchev–Trinajstić information content (AvgIpc) is 3.54. The molecule has 0 aliphatic carbocycles. The number of aliphatic carboxylic acids is 1. The third-order valence-electron chi connectivity index (χ3n) is 10.6. The number of carboxylic acid groups (broad SMARTS) is 1. The van der Waals surface area contributed by atoms with Crippen LogP contribution in [0.1, 0.15) is 27.8 Å². The Bertz CT molecular complexity index is 2750. The number of carbonyl (C=O) groups is 2. The monoisotopic (exact) mass is 809 g/mol. The number of hydrogen-bond acceptors (Lipinski definition) is 4. The number of hydrogen-bond donors (Lipinski definition) is 2. The molecule has 0 spiro atoms. The summed E-state index contributed by atoms with van der Waals surface area (Å²) in [6, 6.07) is 46.7. The van der Waals surface area contributed by atoms with E-state index in [2.05, 4.69) is 88.0 Å². The minimum Gasteiger partial charge on any atom is -0.625 e. The maximum atomic E-state index is 14.1. The number of fused-ring (bicyclic) bond motifs is 8. The first-order chi connectivity index (χ1) is 27.4. The number of nitrogens with one attached hydrogen (secondary N) is 1. The number of aromatic nitrogens is 1. The second-order valence-electron chi connectivity index (χ2n) is 14.2. The van der Waals surface area contributed by atoms with Gasteiger partial charge in [0.2, 0.25) is 0 Å². The number of para-hydroxylation sites is 1. The molecule has 0 fully saturated rings. The van der Waals surface area contributed by atoms with Crippen molar-refractivity contribution in [2.75, 3.05) is 6.54 Å². The summed E-state index contributed by atoms with van der Waals surface area (Å²) < 4.78 is 0. The quantitative estimate of drug-likeness (QED) is 0.112. The zero-order chi connectivity index (χ0) is 38.2. The van der Waals surface area contributed by atoms with E-state index in [4.69, 9.17) is 16.6 Å². The Labute approximate surface area is 344 Å². The SMILES string of the molecule is O=C(CN1Cc2ccc3ccccc3c2-c2c(ccc3ccccc23)C1)[N-]c1ccc(Cl)cc1C(=N[C@H](Cc1c[nH]c2ccccc12)C(=O)O)c1ccccc1.[Ni+2]. The third-order valence-corrected chi connectivity index (χ3v) is 10.8. The van der Waals surface area contributed by atoms with E-state index >= 15 is 0 Å². The maximum Gasteiger partial charge on any atom is 2.00 e. The second-order valence-corrected chi connectivity index (χ2v) is 14.7. The Morgan fingerprint density at radius 1 is 0.737 bits per heavy atom. The Hall–Kier alpha value is -6.05. The molecule has 0 unspecified atom stereocenters. The van der Waals surface area contributed by atoms with Crippen molar-refractivity contribution in [2.45, 2.75) is 25.6 Å². The van der Waals surface area contributed by atoms with Crippen LogP contribution in [0, 0.1) is 0 Å². The molecule has 1 aromatic heterocycles. The van der Waals surface area contributed by atoms with Gasteiger partial charge in [-0.05, 0) is 73.1 Å². The van der Waals surface area contributed by atoms with Crippen LogP contribution in [0.2, 0.25) is 5.02 Å². The van der Waals surface area contributed by atoms with Crippen LogP contribution < -0.4 is 0 Å². The molecule has 8 aromatic rings. The van der Waals surface area contributed by atoms with Crippen molar-refractivity contribution in [3.63, 3.8) is 0 Å². The fourth-order valence-electron chi connectivity index (χ4n) is 8.04. The van der Waals surface area contributed by atoms with Gasteiger partial charge in [-0.1, -0.05) is 139 Å². The van der Waals surface area contributed by atoms with Crippen LogP contribution in [0.5, 0.6) is 0 Å². The molecule has 0 saturated heterocycles. The van der Waals surface area contributed by atoms with E-state index in [9.17, 15) is 14.7 Å². The number of nitrogens with zero attached hydrogens (tertiary/aromatic N) is 3. The maximum absolute atomic E-state index is 14.1. The standard InChI is InChI=1S/C48H37ClN4O3.Ni/c49-36-22-23-42(40(25-36)47(32-12-2-1-3-13-32)52-43(48(55)56)24-35-26-50-41-17-9-8-14-37(35)41)51-44(54)29-53-27-33-20-18-30-10-4-6-15-38(30)45(33)46-34(28-53)21-19-31-11-5-7-16-39(31)46;/h1-23,25-26,43,50H,24,27-29H2,(H2,51,52,54,55,56);/q;+2/p-1/t43-;/m1./s1. The molecule has 1 atom stereocenters. The molecule has 1 aliphatic heterocycles. The number of aliphatic imine (C=N–C) groups is 1. The summed E-state index contributed by atoms with van der Waals surface area (Å²) >= 11 is 6.61. The molecule has 7 nitrogen and oxygen atoms in total. The second kappa shape index (κ2) is 16.2. The van der Waals surface area contributed by atoms with Gasteiger partial charge in [0.25, 0.3) is 0 Å². The normalized spacial score (nSPS) is 13.4. The fraction of sp³-hybridized carbons (Fsp3) is 0.104. The van der Waals surface area contributed by atoms with Gasteiger partial charge in [0.15, 0.2) is 6.04 Å².